The van der Waals surface area contributed by atoms with Gasteiger partial charge < -0.3 is 4.74 Å². The van der Waals surface area contributed by atoms with Crippen molar-refractivity contribution in [3.63, 3.8) is 0 Å². The molecule has 0 aliphatic rings. The molecule has 0 aliphatic heterocycles. The van der Waals surface area contributed by atoms with Crippen molar-refractivity contribution >= 4 is 23.5 Å². The van der Waals surface area contributed by atoms with Crippen molar-refractivity contribution in [1.82, 2.24) is 0 Å². The highest BCUT2D eigenvalue weighted by Gasteiger charge is 2.42. The van der Waals surface area contributed by atoms with Crippen LogP contribution in [0.3, 0.4) is 0 Å². The first kappa shape index (κ1) is 15.8. The minimum Gasteiger partial charge on any atom is -0.459 e. The molecule has 0 aliphatic carbocycles. The minimum absolute atomic E-state index is 0.212. The van der Waals surface area contributed by atoms with Crippen LogP contribution in [0.1, 0.15) is 34.6 Å². The first-order valence-electron chi connectivity index (χ1n) is 6.14. The van der Waals surface area contributed by atoms with Gasteiger partial charge in [0.2, 0.25) is 0 Å². The number of hydrogen-bond acceptors (Lipinski definition) is 4. The molecule has 0 fully saturated rings. The largest absolute Gasteiger partial charge is 0.459 e. The zero-order valence-electron chi connectivity index (χ0n) is 12.0. The van der Waals surface area contributed by atoms with E-state index in [0.717, 1.165) is 4.90 Å². The lowest BCUT2D eigenvalue weighted by Gasteiger charge is -2.29. The van der Waals surface area contributed by atoms with Crippen molar-refractivity contribution in [1.29, 1.82) is 0 Å². The summed E-state index contributed by atoms with van der Waals surface area (Å²) in [6, 6.07) is 9.38. The van der Waals surface area contributed by atoms with Crippen LogP contribution >= 0.6 is 11.8 Å². The van der Waals surface area contributed by atoms with Crippen LogP contribution in [-0.2, 0) is 14.3 Å². The number of hydrogen-bond donors (Lipinski definition) is 0. The predicted octanol–water partition coefficient (Wildman–Crippen LogP) is 3.47. The SMILES string of the molecule is CC(=O)C(C)(Sc1ccccc1)C(=O)OC(C)(C)C. The molecule has 0 saturated carbocycles. The number of ketones is 1. The van der Waals surface area contributed by atoms with Gasteiger partial charge >= 0.3 is 5.97 Å². The summed E-state index contributed by atoms with van der Waals surface area (Å²) in [5.74, 6) is -0.711. The Morgan fingerprint density at radius 2 is 1.58 bits per heavy atom. The zero-order valence-corrected chi connectivity index (χ0v) is 12.8. The Hall–Kier alpha value is -1.29. The van der Waals surface area contributed by atoms with Crippen molar-refractivity contribution < 1.29 is 14.3 Å². The molecule has 104 valence electrons. The van der Waals surface area contributed by atoms with Gasteiger partial charge in [0.25, 0.3) is 0 Å². The fourth-order valence-electron chi connectivity index (χ4n) is 1.36. The molecular weight excluding hydrogens is 260 g/mol. The second-order valence-electron chi connectivity index (χ2n) is 5.51. The van der Waals surface area contributed by atoms with Gasteiger partial charge in [-0.1, -0.05) is 30.0 Å². The molecule has 0 aromatic heterocycles. The molecule has 0 N–H and O–H groups in total. The predicted molar refractivity (Wildman–Crippen MR) is 77.2 cm³/mol. The lowest BCUT2D eigenvalue weighted by atomic mass is 10.1. The Bertz CT molecular complexity index is 462. The Morgan fingerprint density at radius 1 is 1.05 bits per heavy atom. The van der Waals surface area contributed by atoms with E-state index in [1.54, 1.807) is 27.7 Å². The van der Waals surface area contributed by atoms with Gasteiger partial charge in [-0.15, -0.1) is 0 Å². The van der Waals surface area contributed by atoms with E-state index in [1.165, 1.54) is 18.7 Å². The summed E-state index contributed by atoms with van der Waals surface area (Å²) < 4.78 is 4.14. The maximum absolute atomic E-state index is 12.3. The third kappa shape index (κ3) is 4.39. The molecule has 4 heteroatoms. The van der Waals surface area contributed by atoms with E-state index < -0.39 is 16.3 Å². The summed E-state index contributed by atoms with van der Waals surface area (Å²) in [7, 11) is 0. The Labute approximate surface area is 118 Å². The van der Waals surface area contributed by atoms with Gasteiger partial charge in [0.15, 0.2) is 10.5 Å². The van der Waals surface area contributed by atoms with E-state index in [9.17, 15) is 9.59 Å². The highest BCUT2D eigenvalue weighted by Crippen LogP contribution is 2.35. The van der Waals surface area contributed by atoms with Crippen molar-refractivity contribution in [2.45, 2.75) is 49.9 Å². The van der Waals surface area contributed by atoms with Crippen LogP contribution in [0, 0.1) is 0 Å². The Balaban J connectivity index is 2.98. The monoisotopic (exact) mass is 280 g/mol. The van der Waals surface area contributed by atoms with Gasteiger partial charge in [0, 0.05) is 4.90 Å². The van der Waals surface area contributed by atoms with E-state index in [1.807, 2.05) is 30.3 Å². The Morgan fingerprint density at radius 3 is 2.00 bits per heavy atom. The second kappa shape index (κ2) is 5.78. The van der Waals surface area contributed by atoms with Crippen molar-refractivity contribution in [2.75, 3.05) is 0 Å². The van der Waals surface area contributed by atoms with E-state index in [2.05, 4.69) is 0 Å². The summed E-state index contributed by atoms with van der Waals surface area (Å²) in [5, 5.41) is 0. The van der Waals surface area contributed by atoms with Gasteiger partial charge in [-0.2, -0.15) is 0 Å². The van der Waals surface area contributed by atoms with Gasteiger partial charge in [-0.3, -0.25) is 9.59 Å². The molecule has 19 heavy (non-hydrogen) atoms. The van der Waals surface area contributed by atoms with Gasteiger partial charge in [0.05, 0.1) is 0 Å². The van der Waals surface area contributed by atoms with Crippen LogP contribution in [0.5, 0.6) is 0 Å². The third-order valence-corrected chi connectivity index (χ3v) is 3.90. The van der Waals surface area contributed by atoms with Gasteiger partial charge in [-0.25, -0.2) is 0 Å². The summed E-state index contributed by atoms with van der Waals surface area (Å²) in [6.45, 7) is 8.40. The van der Waals surface area contributed by atoms with Crippen LogP contribution < -0.4 is 0 Å². The molecule has 0 bridgehead atoms. The highest BCUT2D eigenvalue weighted by atomic mass is 32.2. The molecule has 1 aromatic rings. The molecule has 1 aromatic carbocycles. The van der Waals surface area contributed by atoms with E-state index in [0.29, 0.717) is 0 Å². The van der Waals surface area contributed by atoms with Crippen LogP contribution in [-0.4, -0.2) is 22.1 Å². The maximum Gasteiger partial charge on any atom is 0.330 e. The molecule has 0 saturated heterocycles. The number of benzene rings is 1. The van der Waals surface area contributed by atoms with Crippen LogP contribution in [0.25, 0.3) is 0 Å². The number of Topliss-reactive ketones (excluding diaryl/α,β-unsaturated/α-hetero) is 1. The van der Waals surface area contributed by atoms with E-state index in [-0.39, 0.29) is 5.78 Å². The van der Waals surface area contributed by atoms with Gasteiger partial charge in [0.1, 0.15) is 5.60 Å². The lowest BCUT2D eigenvalue weighted by Crippen LogP contribution is -2.43. The number of carbonyl (C=O) groups is 2. The summed E-state index contributed by atoms with van der Waals surface area (Å²) in [6.07, 6.45) is 0. The van der Waals surface area contributed by atoms with Crippen LogP contribution in [0.4, 0.5) is 0 Å². The quantitative estimate of drug-likeness (QED) is 0.481. The fraction of sp³-hybridized carbons (Fsp3) is 0.467. The number of rotatable bonds is 4. The number of esters is 1. The molecule has 1 unspecified atom stereocenters. The summed E-state index contributed by atoms with van der Waals surface area (Å²) in [4.78, 5) is 25.0. The maximum atomic E-state index is 12.3. The van der Waals surface area contributed by atoms with E-state index in [4.69, 9.17) is 4.74 Å². The average molecular weight is 280 g/mol. The molecule has 1 rings (SSSR count). The summed E-state index contributed by atoms with van der Waals surface area (Å²) in [5.41, 5.74) is -0.606. The molecule has 0 radical (unpaired) electrons. The smallest absolute Gasteiger partial charge is 0.330 e. The van der Waals surface area contributed by atoms with Crippen molar-refractivity contribution in [3.05, 3.63) is 30.3 Å². The number of carbonyl (C=O) groups excluding carboxylic acids is 2. The van der Waals surface area contributed by atoms with Crippen LogP contribution in [0.15, 0.2) is 35.2 Å². The molecule has 3 nitrogen and oxygen atoms in total. The second-order valence-corrected chi connectivity index (χ2v) is 7.00. The first-order chi connectivity index (χ1) is 8.65. The standard InChI is InChI=1S/C15H20O3S/c1-11(16)15(5,13(17)18-14(2,3)4)19-12-9-7-6-8-10-12/h6-10H,1-5H3. The fourth-order valence-corrected chi connectivity index (χ4v) is 2.39. The first-order valence-corrected chi connectivity index (χ1v) is 6.95. The van der Waals surface area contributed by atoms with E-state index >= 15 is 0 Å². The molecular formula is C15H20O3S. The Kier molecular flexibility index (Phi) is 4.80. The summed E-state index contributed by atoms with van der Waals surface area (Å²) >= 11 is 1.22. The molecule has 0 spiro atoms. The van der Waals surface area contributed by atoms with Crippen molar-refractivity contribution in [2.24, 2.45) is 0 Å². The topological polar surface area (TPSA) is 43.4 Å². The average Bonchev–Trinajstić information content (AvgIpc) is 2.27. The lowest BCUT2D eigenvalue weighted by molar-refractivity contribution is -0.158. The molecule has 1 atom stereocenters. The van der Waals surface area contributed by atoms with Gasteiger partial charge in [-0.05, 0) is 46.8 Å². The van der Waals surface area contributed by atoms with Crippen LogP contribution in [0.2, 0.25) is 0 Å². The molecule has 0 heterocycles. The minimum atomic E-state index is -1.21. The van der Waals surface area contributed by atoms with Crippen molar-refractivity contribution in [3.8, 4) is 0 Å². The normalized spacial score (nSPS) is 14.6. The number of thioether (sulfide) groups is 1. The number of ether oxygens (including phenoxy) is 1. The highest BCUT2D eigenvalue weighted by molar-refractivity contribution is 8.02. The zero-order chi connectivity index (χ0) is 14.7. The third-order valence-electron chi connectivity index (χ3n) is 2.53. The molecule has 0 amide bonds.